The summed E-state index contributed by atoms with van der Waals surface area (Å²) >= 11 is 0. The van der Waals surface area contributed by atoms with Crippen LogP contribution in [0.15, 0.2) is 59.5 Å². The number of sulfonamides is 1. The molecule has 0 amide bonds. The maximum atomic E-state index is 12.6. The van der Waals surface area contributed by atoms with Crippen molar-refractivity contribution in [2.24, 2.45) is 0 Å². The first-order valence-corrected chi connectivity index (χ1v) is 10.2. The molecule has 146 valence electrons. The van der Waals surface area contributed by atoms with Gasteiger partial charge in [0.1, 0.15) is 11.6 Å². The molecule has 0 saturated carbocycles. The Balaban J connectivity index is 1.68. The van der Waals surface area contributed by atoms with E-state index in [1.165, 1.54) is 18.7 Å². The number of hydrogen-bond donors (Lipinski definition) is 2. The van der Waals surface area contributed by atoms with Crippen molar-refractivity contribution in [3.05, 3.63) is 71.3 Å². The second-order valence-electron chi connectivity index (χ2n) is 6.38. The van der Waals surface area contributed by atoms with E-state index in [1.807, 2.05) is 25.1 Å². The molecule has 1 aromatic heterocycles. The van der Waals surface area contributed by atoms with E-state index in [9.17, 15) is 8.42 Å². The zero-order valence-corrected chi connectivity index (χ0v) is 16.7. The molecule has 28 heavy (non-hydrogen) atoms. The number of benzene rings is 2. The number of aromatic nitrogens is 2. The summed E-state index contributed by atoms with van der Waals surface area (Å²) in [4.78, 5) is 0.164. The van der Waals surface area contributed by atoms with Crippen LogP contribution in [0.1, 0.15) is 16.7 Å². The fourth-order valence-electron chi connectivity index (χ4n) is 2.74. The Labute approximate surface area is 164 Å². The maximum absolute atomic E-state index is 12.6. The first kappa shape index (κ1) is 19.6. The first-order chi connectivity index (χ1) is 13.4. The molecule has 2 aromatic carbocycles. The third-order valence-corrected chi connectivity index (χ3v) is 5.65. The van der Waals surface area contributed by atoms with Crippen LogP contribution in [0.2, 0.25) is 0 Å². The lowest BCUT2D eigenvalue weighted by molar-refractivity contribution is 0.414. The van der Waals surface area contributed by atoms with Gasteiger partial charge in [0, 0.05) is 6.54 Å². The molecule has 0 unspecified atom stereocenters. The molecular formula is C20H22N4O3S. The molecule has 1 heterocycles. The van der Waals surface area contributed by atoms with Crippen molar-refractivity contribution >= 4 is 21.7 Å². The molecule has 3 aromatic rings. The summed E-state index contributed by atoms with van der Waals surface area (Å²) in [6, 6.07) is 16.2. The molecule has 0 aliphatic rings. The second kappa shape index (κ2) is 8.26. The lowest BCUT2D eigenvalue weighted by atomic mass is 10.1. The monoisotopic (exact) mass is 398 g/mol. The Morgan fingerprint density at radius 1 is 0.964 bits per heavy atom. The van der Waals surface area contributed by atoms with Crippen LogP contribution in [-0.2, 0) is 16.6 Å². The number of nitrogens with zero attached hydrogens (tertiary/aromatic N) is 2. The summed E-state index contributed by atoms with van der Waals surface area (Å²) in [6.45, 7) is 4.35. The van der Waals surface area contributed by atoms with E-state index in [0.29, 0.717) is 23.7 Å². The molecule has 2 N–H and O–H groups in total. The maximum Gasteiger partial charge on any atom is 0.263 e. The van der Waals surface area contributed by atoms with Crippen molar-refractivity contribution < 1.29 is 13.2 Å². The topological polar surface area (TPSA) is 93.2 Å². The molecule has 0 spiro atoms. The fraction of sp³-hybridized carbons (Fsp3) is 0.200. The number of anilines is 2. The molecule has 0 bridgehead atoms. The fourth-order valence-corrected chi connectivity index (χ4v) is 3.96. The Morgan fingerprint density at radius 3 is 2.36 bits per heavy atom. The lowest BCUT2D eigenvalue weighted by Gasteiger charge is -2.11. The third-order valence-electron chi connectivity index (χ3n) is 4.13. The minimum atomic E-state index is -3.77. The summed E-state index contributed by atoms with van der Waals surface area (Å²) in [7, 11) is -2.24. The standard InChI is InChI=1S/C20H22N4O3S/c1-14-5-4-6-16(11-14)13-21-19-9-10-20(23-22-19)24-28(25,26)18-8-7-17(27-3)12-15(18)2/h4-12H,13H2,1-3H3,(H,21,22)(H,23,24). The van der Waals surface area contributed by atoms with E-state index in [-0.39, 0.29) is 10.7 Å². The Morgan fingerprint density at radius 2 is 1.71 bits per heavy atom. The summed E-state index contributed by atoms with van der Waals surface area (Å²) in [5.74, 6) is 1.31. The largest absolute Gasteiger partial charge is 0.497 e. The van der Waals surface area contributed by atoms with Crippen LogP contribution in [0.5, 0.6) is 5.75 Å². The van der Waals surface area contributed by atoms with Gasteiger partial charge in [-0.25, -0.2) is 8.42 Å². The minimum Gasteiger partial charge on any atom is -0.497 e. The molecule has 3 rings (SSSR count). The van der Waals surface area contributed by atoms with Crippen LogP contribution in [-0.4, -0.2) is 25.7 Å². The van der Waals surface area contributed by atoms with Crippen LogP contribution in [0.3, 0.4) is 0 Å². The van der Waals surface area contributed by atoms with Gasteiger partial charge >= 0.3 is 0 Å². The van der Waals surface area contributed by atoms with Gasteiger partial charge in [-0.15, -0.1) is 10.2 Å². The highest BCUT2D eigenvalue weighted by Gasteiger charge is 2.18. The second-order valence-corrected chi connectivity index (χ2v) is 8.03. The smallest absolute Gasteiger partial charge is 0.263 e. The normalized spacial score (nSPS) is 11.1. The molecule has 0 aliphatic heterocycles. The van der Waals surface area contributed by atoms with Gasteiger partial charge in [-0.1, -0.05) is 29.8 Å². The van der Waals surface area contributed by atoms with Gasteiger partial charge in [-0.05, 0) is 55.3 Å². The molecule has 0 radical (unpaired) electrons. The molecule has 0 atom stereocenters. The zero-order valence-electron chi connectivity index (χ0n) is 15.9. The summed E-state index contributed by atoms with van der Waals surface area (Å²) in [5.41, 5.74) is 2.89. The van der Waals surface area contributed by atoms with Crippen molar-refractivity contribution in [1.29, 1.82) is 0 Å². The highest BCUT2D eigenvalue weighted by molar-refractivity contribution is 7.92. The Bertz CT molecular complexity index is 1070. The third kappa shape index (κ3) is 4.77. The number of methoxy groups -OCH3 is 1. The van der Waals surface area contributed by atoms with Gasteiger partial charge in [-0.2, -0.15) is 0 Å². The highest BCUT2D eigenvalue weighted by atomic mass is 32.2. The summed E-state index contributed by atoms with van der Waals surface area (Å²) < 4.78 is 32.8. The van der Waals surface area contributed by atoms with E-state index in [2.05, 4.69) is 26.3 Å². The van der Waals surface area contributed by atoms with E-state index in [1.54, 1.807) is 31.2 Å². The average Bonchev–Trinajstić information content (AvgIpc) is 2.67. The van der Waals surface area contributed by atoms with Gasteiger partial charge in [0.15, 0.2) is 5.82 Å². The van der Waals surface area contributed by atoms with Crippen LogP contribution in [0.4, 0.5) is 11.6 Å². The van der Waals surface area contributed by atoms with Gasteiger partial charge in [-0.3, -0.25) is 4.72 Å². The molecule has 0 aliphatic carbocycles. The van der Waals surface area contributed by atoms with Crippen molar-refractivity contribution in [2.45, 2.75) is 25.3 Å². The van der Waals surface area contributed by atoms with E-state index >= 15 is 0 Å². The molecular weight excluding hydrogens is 376 g/mol. The van der Waals surface area contributed by atoms with Crippen LogP contribution < -0.4 is 14.8 Å². The predicted molar refractivity (Wildman–Crippen MR) is 109 cm³/mol. The molecule has 0 fully saturated rings. The molecule has 0 saturated heterocycles. The van der Waals surface area contributed by atoms with Crippen LogP contribution in [0, 0.1) is 13.8 Å². The number of hydrogen-bond acceptors (Lipinski definition) is 6. The van der Waals surface area contributed by atoms with Gasteiger partial charge in [0.25, 0.3) is 10.0 Å². The van der Waals surface area contributed by atoms with Crippen molar-refractivity contribution in [1.82, 2.24) is 10.2 Å². The van der Waals surface area contributed by atoms with Gasteiger partial charge in [0.2, 0.25) is 0 Å². The highest BCUT2D eigenvalue weighted by Crippen LogP contribution is 2.23. The molecule has 7 nitrogen and oxygen atoms in total. The average molecular weight is 398 g/mol. The lowest BCUT2D eigenvalue weighted by Crippen LogP contribution is -2.15. The SMILES string of the molecule is COc1ccc(S(=O)(=O)Nc2ccc(NCc3cccc(C)c3)nn2)c(C)c1. The summed E-state index contributed by atoms with van der Waals surface area (Å²) in [5, 5.41) is 11.2. The van der Waals surface area contributed by atoms with Crippen molar-refractivity contribution in [2.75, 3.05) is 17.1 Å². The predicted octanol–water partition coefficient (Wildman–Crippen LogP) is 3.51. The van der Waals surface area contributed by atoms with Gasteiger partial charge < -0.3 is 10.1 Å². The van der Waals surface area contributed by atoms with Crippen LogP contribution >= 0.6 is 0 Å². The Kier molecular flexibility index (Phi) is 5.79. The number of ether oxygens (including phenoxy) is 1. The van der Waals surface area contributed by atoms with Crippen LogP contribution in [0.25, 0.3) is 0 Å². The van der Waals surface area contributed by atoms with E-state index in [4.69, 9.17) is 4.74 Å². The number of rotatable bonds is 7. The van der Waals surface area contributed by atoms with Crippen molar-refractivity contribution in [3.63, 3.8) is 0 Å². The minimum absolute atomic E-state index is 0.149. The zero-order chi connectivity index (χ0) is 20.1. The number of aryl methyl sites for hydroxylation is 2. The Hall–Kier alpha value is -3.13. The number of nitrogens with one attached hydrogen (secondary N) is 2. The first-order valence-electron chi connectivity index (χ1n) is 8.68. The van der Waals surface area contributed by atoms with E-state index in [0.717, 1.165) is 5.56 Å². The molecule has 8 heteroatoms. The summed E-state index contributed by atoms with van der Waals surface area (Å²) in [6.07, 6.45) is 0. The van der Waals surface area contributed by atoms with Gasteiger partial charge in [0.05, 0.1) is 12.0 Å². The van der Waals surface area contributed by atoms with E-state index < -0.39 is 10.0 Å². The van der Waals surface area contributed by atoms with Crippen molar-refractivity contribution in [3.8, 4) is 5.75 Å². The quantitative estimate of drug-likeness (QED) is 0.633.